The molecule has 1 N–H and O–H groups in total. The van der Waals surface area contributed by atoms with Gasteiger partial charge in [0.15, 0.2) is 0 Å². The number of aryl methyl sites for hydroxylation is 1. The van der Waals surface area contributed by atoms with Crippen molar-refractivity contribution in [2.24, 2.45) is 5.92 Å². The molecule has 0 saturated carbocycles. The lowest BCUT2D eigenvalue weighted by Gasteiger charge is -2.31. The molecule has 0 aromatic heterocycles. The van der Waals surface area contributed by atoms with Crippen molar-refractivity contribution in [3.63, 3.8) is 0 Å². The SMILES string of the molecule is CCCN(CC(=O)O)C1c2cc(C)ccc2CC1C. The summed E-state index contributed by atoms with van der Waals surface area (Å²) >= 11 is 0. The van der Waals surface area contributed by atoms with Gasteiger partial charge in [0, 0.05) is 6.04 Å². The highest BCUT2D eigenvalue weighted by atomic mass is 16.4. The molecule has 0 amide bonds. The number of nitrogens with zero attached hydrogens (tertiary/aromatic N) is 1. The van der Waals surface area contributed by atoms with Crippen LogP contribution in [0.1, 0.15) is 43.0 Å². The number of carboxylic acids is 1. The Morgan fingerprint density at radius 3 is 2.84 bits per heavy atom. The minimum absolute atomic E-state index is 0.135. The fourth-order valence-electron chi connectivity index (χ4n) is 3.27. The molecule has 2 unspecified atom stereocenters. The van der Waals surface area contributed by atoms with Crippen LogP contribution >= 0.6 is 0 Å². The number of hydrogen-bond acceptors (Lipinski definition) is 2. The zero-order valence-corrected chi connectivity index (χ0v) is 12.0. The Morgan fingerprint density at radius 2 is 2.21 bits per heavy atom. The van der Waals surface area contributed by atoms with Crippen LogP contribution in [0.2, 0.25) is 0 Å². The van der Waals surface area contributed by atoms with E-state index in [1.165, 1.54) is 16.7 Å². The highest BCUT2D eigenvalue weighted by Crippen LogP contribution is 2.40. The van der Waals surface area contributed by atoms with Crippen molar-refractivity contribution in [1.82, 2.24) is 4.90 Å². The van der Waals surface area contributed by atoms with Crippen molar-refractivity contribution in [1.29, 1.82) is 0 Å². The van der Waals surface area contributed by atoms with E-state index in [0.29, 0.717) is 5.92 Å². The molecule has 2 atom stereocenters. The van der Waals surface area contributed by atoms with Gasteiger partial charge in [-0.2, -0.15) is 0 Å². The Morgan fingerprint density at radius 1 is 1.47 bits per heavy atom. The lowest BCUT2D eigenvalue weighted by atomic mass is 9.99. The van der Waals surface area contributed by atoms with Crippen LogP contribution in [-0.2, 0) is 11.2 Å². The molecule has 0 bridgehead atoms. The molecule has 0 spiro atoms. The zero-order chi connectivity index (χ0) is 14.0. The van der Waals surface area contributed by atoms with E-state index in [1.807, 2.05) is 0 Å². The van der Waals surface area contributed by atoms with Crippen molar-refractivity contribution >= 4 is 5.97 Å². The molecule has 1 aliphatic rings. The number of fused-ring (bicyclic) bond motifs is 1. The molecule has 1 aromatic carbocycles. The second kappa shape index (κ2) is 5.74. The zero-order valence-electron chi connectivity index (χ0n) is 12.0. The quantitative estimate of drug-likeness (QED) is 0.885. The maximum atomic E-state index is 11.1. The van der Waals surface area contributed by atoms with E-state index in [2.05, 4.69) is 43.9 Å². The number of carbonyl (C=O) groups is 1. The Hall–Kier alpha value is -1.35. The van der Waals surface area contributed by atoms with E-state index < -0.39 is 5.97 Å². The third kappa shape index (κ3) is 2.98. The largest absolute Gasteiger partial charge is 0.480 e. The summed E-state index contributed by atoms with van der Waals surface area (Å²) in [5.74, 6) is -0.246. The normalized spacial score (nSPS) is 21.7. The molecule has 0 aliphatic heterocycles. The Labute approximate surface area is 115 Å². The molecule has 0 radical (unpaired) electrons. The van der Waals surface area contributed by atoms with Crippen molar-refractivity contribution in [2.45, 2.75) is 39.7 Å². The molecule has 2 rings (SSSR count). The van der Waals surface area contributed by atoms with Crippen LogP contribution in [0, 0.1) is 12.8 Å². The number of rotatable bonds is 5. The van der Waals surface area contributed by atoms with Crippen molar-refractivity contribution < 1.29 is 9.90 Å². The smallest absolute Gasteiger partial charge is 0.317 e. The summed E-state index contributed by atoms with van der Waals surface area (Å²) < 4.78 is 0. The monoisotopic (exact) mass is 261 g/mol. The molecular weight excluding hydrogens is 238 g/mol. The topological polar surface area (TPSA) is 40.5 Å². The molecular formula is C16H23NO2. The van der Waals surface area contributed by atoms with E-state index in [4.69, 9.17) is 5.11 Å². The maximum absolute atomic E-state index is 11.1. The van der Waals surface area contributed by atoms with E-state index >= 15 is 0 Å². The summed E-state index contributed by atoms with van der Waals surface area (Å²) in [6.45, 7) is 7.41. The number of aliphatic carboxylic acids is 1. The summed E-state index contributed by atoms with van der Waals surface area (Å²) in [5, 5.41) is 9.12. The highest BCUT2D eigenvalue weighted by molar-refractivity contribution is 5.69. The molecule has 3 heteroatoms. The molecule has 0 saturated heterocycles. The number of hydrogen-bond donors (Lipinski definition) is 1. The first-order chi connectivity index (χ1) is 9.02. The van der Waals surface area contributed by atoms with E-state index in [9.17, 15) is 4.79 Å². The average molecular weight is 261 g/mol. The minimum atomic E-state index is -0.734. The Bertz CT molecular complexity index is 470. The fourth-order valence-corrected chi connectivity index (χ4v) is 3.27. The van der Waals surface area contributed by atoms with E-state index in [0.717, 1.165) is 19.4 Å². The van der Waals surface area contributed by atoms with Gasteiger partial charge >= 0.3 is 5.97 Å². The predicted octanol–water partition coefficient (Wildman–Crippen LogP) is 3.02. The first-order valence-electron chi connectivity index (χ1n) is 7.08. The average Bonchev–Trinajstić information content (AvgIpc) is 2.63. The summed E-state index contributed by atoms with van der Waals surface area (Å²) in [5.41, 5.74) is 3.97. The number of carboxylic acid groups (broad SMARTS) is 1. The van der Waals surface area contributed by atoms with Crippen molar-refractivity contribution in [2.75, 3.05) is 13.1 Å². The summed E-state index contributed by atoms with van der Waals surface area (Å²) in [6, 6.07) is 6.83. The van der Waals surface area contributed by atoms with Crippen LogP contribution < -0.4 is 0 Å². The minimum Gasteiger partial charge on any atom is -0.480 e. The molecule has 1 aromatic rings. The molecule has 0 heterocycles. The Balaban J connectivity index is 2.32. The summed E-state index contributed by atoms with van der Waals surface area (Å²) in [4.78, 5) is 13.2. The lowest BCUT2D eigenvalue weighted by Crippen LogP contribution is -2.36. The van der Waals surface area contributed by atoms with Gasteiger partial charge in [-0.05, 0) is 43.4 Å². The van der Waals surface area contributed by atoms with Crippen LogP contribution in [0.15, 0.2) is 18.2 Å². The van der Waals surface area contributed by atoms with Crippen LogP contribution in [0.25, 0.3) is 0 Å². The van der Waals surface area contributed by atoms with Gasteiger partial charge in [-0.25, -0.2) is 0 Å². The molecule has 1 aliphatic carbocycles. The molecule has 104 valence electrons. The van der Waals surface area contributed by atoms with Crippen LogP contribution in [0.5, 0.6) is 0 Å². The van der Waals surface area contributed by atoms with Crippen LogP contribution in [-0.4, -0.2) is 29.1 Å². The van der Waals surface area contributed by atoms with Crippen LogP contribution in [0.4, 0.5) is 0 Å². The maximum Gasteiger partial charge on any atom is 0.317 e. The van der Waals surface area contributed by atoms with Gasteiger partial charge in [0.05, 0.1) is 6.54 Å². The molecule has 0 fully saturated rings. The third-order valence-electron chi connectivity index (χ3n) is 3.94. The van der Waals surface area contributed by atoms with Gasteiger partial charge in [-0.1, -0.05) is 37.6 Å². The van der Waals surface area contributed by atoms with Crippen molar-refractivity contribution in [3.8, 4) is 0 Å². The van der Waals surface area contributed by atoms with Gasteiger partial charge in [0.2, 0.25) is 0 Å². The van der Waals surface area contributed by atoms with Gasteiger partial charge in [-0.15, -0.1) is 0 Å². The summed E-state index contributed by atoms with van der Waals surface area (Å²) in [6.07, 6.45) is 2.04. The highest BCUT2D eigenvalue weighted by Gasteiger charge is 2.34. The van der Waals surface area contributed by atoms with Crippen molar-refractivity contribution in [3.05, 3.63) is 34.9 Å². The standard InChI is InChI=1S/C16H23NO2/c1-4-7-17(10-15(18)19)16-12(3)9-13-6-5-11(2)8-14(13)16/h5-6,8,12,16H,4,7,9-10H2,1-3H3,(H,18,19). The third-order valence-corrected chi connectivity index (χ3v) is 3.94. The molecule has 3 nitrogen and oxygen atoms in total. The Kier molecular flexibility index (Phi) is 4.25. The van der Waals surface area contributed by atoms with Gasteiger partial charge < -0.3 is 5.11 Å². The second-order valence-electron chi connectivity index (χ2n) is 5.69. The molecule has 19 heavy (non-hydrogen) atoms. The van der Waals surface area contributed by atoms with E-state index in [1.54, 1.807) is 0 Å². The van der Waals surface area contributed by atoms with E-state index in [-0.39, 0.29) is 12.6 Å². The first-order valence-corrected chi connectivity index (χ1v) is 7.08. The fraction of sp³-hybridized carbons (Fsp3) is 0.562. The predicted molar refractivity (Wildman–Crippen MR) is 76.3 cm³/mol. The number of benzene rings is 1. The second-order valence-corrected chi connectivity index (χ2v) is 5.69. The lowest BCUT2D eigenvalue weighted by molar-refractivity contribution is -0.139. The van der Waals surface area contributed by atoms with Gasteiger partial charge in [-0.3, -0.25) is 9.69 Å². The summed E-state index contributed by atoms with van der Waals surface area (Å²) in [7, 11) is 0. The first kappa shape index (κ1) is 14.1. The van der Waals surface area contributed by atoms with Gasteiger partial charge in [0.1, 0.15) is 0 Å². The van der Waals surface area contributed by atoms with Crippen LogP contribution in [0.3, 0.4) is 0 Å². The van der Waals surface area contributed by atoms with Gasteiger partial charge in [0.25, 0.3) is 0 Å².